The molecular formula is C47H32. The maximum atomic E-state index is 9.97. The molecule has 9 aromatic rings. The molecule has 0 nitrogen and oxygen atoms in total. The molecule has 220 valence electrons. The third kappa shape index (κ3) is 3.76. The Bertz CT molecular complexity index is 4120. The van der Waals surface area contributed by atoms with E-state index in [-0.39, 0.29) is 38.1 Å². The Labute approximate surface area is 311 Å². The van der Waals surface area contributed by atoms with E-state index in [1.165, 1.54) is 13.8 Å². The normalized spacial score (nSPS) is 21.2. The molecule has 1 aliphatic rings. The van der Waals surface area contributed by atoms with Gasteiger partial charge in [-0.05, 0) is 111 Å². The molecule has 0 fully saturated rings. The predicted octanol–water partition coefficient (Wildman–Crippen LogP) is 13.0. The van der Waals surface area contributed by atoms with Crippen molar-refractivity contribution < 1.29 is 35.6 Å². The van der Waals surface area contributed by atoms with Crippen LogP contribution >= 0.6 is 0 Å². The van der Waals surface area contributed by atoms with E-state index < -0.39 is 223 Å². The van der Waals surface area contributed by atoms with Crippen LogP contribution in [0.5, 0.6) is 0 Å². The summed E-state index contributed by atoms with van der Waals surface area (Å²) in [6.45, 7) is 2.94. The molecule has 9 aromatic carbocycles. The number of fused-ring (bicyclic) bond motifs is 2. The van der Waals surface area contributed by atoms with Gasteiger partial charge in [-0.2, -0.15) is 0 Å². The van der Waals surface area contributed by atoms with Crippen LogP contribution in [-0.4, -0.2) is 0 Å². The molecule has 0 heteroatoms. The molecule has 0 aliphatic heterocycles. The van der Waals surface area contributed by atoms with Crippen LogP contribution in [0.1, 0.15) is 60.6 Å². The van der Waals surface area contributed by atoms with Gasteiger partial charge in [0.2, 0.25) is 0 Å². The molecule has 10 rings (SSSR count). The summed E-state index contributed by atoms with van der Waals surface area (Å²) in [4.78, 5) is 0. The van der Waals surface area contributed by atoms with E-state index in [2.05, 4.69) is 0 Å². The molecule has 1 aliphatic carbocycles. The third-order valence-electron chi connectivity index (χ3n) is 8.69. The molecule has 0 atom stereocenters. The monoisotopic (exact) mass is 622 g/mol. The van der Waals surface area contributed by atoms with Crippen LogP contribution in [0, 0.1) is 0 Å². The van der Waals surface area contributed by atoms with Crippen LogP contribution in [0.25, 0.3) is 87.6 Å². The van der Waals surface area contributed by atoms with Crippen molar-refractivity contribution in [1.82, 2.24) is 0 Å². The first kappa shape index (κ1) is 11.5. The summed E-state index contributed by atoms with van der Waals surface area (Å²) in [6, 6.07) is -20.7. The highest BCUT2D eigenvalue weighted by Gasteiger charge is 2.34. The molecule has 0 aromatic heterocycles. The van der Waals surface area contributed by atoms with E-state index in [0.717, 1.165) is 0 Å². The lowest BCUT2D eigenvalue weighted by molar-refractivity contribution is 0.645. The summed E-state index contributed by atoms with van der Waals surface area (Å²) in [5, 5.41) is -2.86. The lowest BCUT2D eigenvalue weighted by atomic mass is 9.67. The number of rotatable bonds is 3. The van der Waals surface area contributed by atoms with Gasteiger partial charge in [0.05, 0.1) is 35.6 Å². The molecule has 0 spiro atoms. The Kier molecular flexibility index (Phi) is 2.36. The fraction of sp³-hybridized carbons (Fsp3) is 0.0638. The van der Waals surface area contributed by atoms with E-state index >= 15 is 0 Å². The Morgan fingerprint density at radius 1 is 0.362 bits per heavy atom. The fourth-order valence-corrected chi connectivity index (χ4v) is 6.47. The second-order valence-electron chi connectivity index (χ2n) is 11.6. The van der Waals surface area contributed by atoms with Crippen LogP contribution in [0.15, 0.2) is 157 Å². The van der Waals surface area contributed by atoms with Gasteiger partial charge in [-0.25, -0.2) is 0 Å². The average Bonchev–Trinajstić information content (AvgIpc) is 3.33. The predicted molar refractivity (Wildman–Crippen MR) is 202 cm³/mol. The molecule has 0 saturated heterocycles. The summed E-state index contributed by atoms with van der Waals surface area (Å²) in [5.74, 6) is 0. The molecule has 0 N–H and O–H groups in total. The Balaban J connectivity index is 1.39. The first-order chi connectivity index (χ1) is 33.9. The second kappa shape index (κ2) is 9.64. The van der Waals surface area contributed by atoms with Crippen molar-refractivity contribution in [1.29, 1.82) is 0 Å². The summed E-state index contributed by atoms with van der Waals surface area (Å²) in [7, 11) is 0. The first-order valence-electron chi connectivity index (χ1n) is 27.5. The van der Waals surface area contributed by atoms with E-state index in [1.807, 2.05) is 0 Å². The van der Waals surface area contributed by atoms with E-state index in [1.54, 1.807) is 0 Å². The van der Waals surface area contributed by atoms with Crippen LogP contribution in [-0.2, 0) is 5.41 Å². The molecular weight excluding hydrogens is 565 g/mol. The zero-order valence-corrected chi connectivity index (χ0v) is 24.5. The van der Waals surface area contributed by atoms with Crippen LogP contribution in [0.2, 0.25) is 0 Å². The minimum absolute atomic E-state index is 0.129. The zero-order chi connectivity index (χ0) is 53.9. The van der Waals surface area contributed by atoms with Gasteiger partial charge >= 0.3 is 0 Å². The van der Waals surface area contributed by atoms with Gasteiger partial charge in [0, 0.05) is 5.41 Å². The summed E-state index contributed by atoms with van der Waals surface area (Å²) < 4.78 is 236. The maximum absolute atomic E-state index is 9.97. The highest BCUT2D eigenvalue weighted by atomic mass is 14.4. The maximum Gasteiger partial charge on any atom is 0.0636 e. The largest absolute Gasteiger partial charge is 0.0636 e. The Morgan fingerprint density at radius 2 is 0.957 bits per heavy atom. The lowest BCUT2D eigenvalue weighted by Gasteiger charge is -2.36. The van der Waals surface area contributed by atoms with Crippen molar-refractivity contribution in [2.75, 3.05) is 0 Å². The quantitative estimate of drug-likeness (QED) is 0.172. The second-order valence-corrected chi connectivity index (χ2v) is 11.6. The molecule has 0 unspecified atom stereocenters. The zero-order valence-electron chi connectivity index (χ0n) is 50.5. The SMILES string of the molecule is [2H]c1c([2H])c([2H])c(-c2c([2H])c([2H])c3c4c(c([2H])c([2H])c([2H])c24)-c2c([2H])c(-c4c([2H])c([2H])c([2H])c(-c5c([2H])c([2H])c6c([2H])c([2H])c7c([2H])c([2H])c([2H])c8c([2H])c([2H])c5c6c78)c4[2H])c([2H])c([2H])c2C3(C)C)c([2H])c1[2H]. The van der Waals surface area contributed by atoms with Crippen molar-refractivity contribution in [3.05, 3.63) is 168 Å². The van der Waals surface area contributed by atoms with Crippen molar-refractivity contribution in [3.8, 4) is 44.5 Å². The lowest BCUT2D eigenvalue weighted by Crippen LogP contribution is -2.23. The fourth-order valence-electron chi connectivity index (χ4n) is 6.47. The van der Waals surface area contributed by atoms with Crippen molar-refractivity contribution in [3.63, 3.8) is 0 Å². The van der Waals surface area contributed by atoms with Crippen LogP contribution in [0.3, 0.4) is 0 Å². The van der Waals surface area contributed by atoms with Gasteiger partial charge in [0.15, 0.2) is 0 Å². The van der Waals surface area contributed by atoms with E-state index in [0.29, 0.717) is 0 Å². The summed E-state index contributed by atoms with van der Waals surface area (Å²) in [5.41, 5.74) is -6.88. The standard InChI is InChI=1S/C47H32/c1-47(2)42-25-21-34(28-41(42)39-16-8-15-38-36(24-26-43(47)46(38)39)29-9-4-3-5-10-29)33-13-7-14-35(27-33)37-22-19-32-18-17-30-11-6-12-31-20-23-40(37)45(32)44(30)31/h3-28H,1-2H3/i3D,4D,5D,6D,7D,8D,9D,10D,11D,12D,13D,14D,15D,16D,17D,18D,19D,20D,21D,22D,23D,24D,25D,26D,27D,28D. The third-order valence-corrected chi connectivity index (χ3v) is 8.69. The highest BCUT2D eigenvalue weighted by Crippen LogP contribution is 2.51. The average molecular weight is 623 g/mol. The molecule has 47 heavy (non-hydrogen) atoms. The minimum Gasteiger partial charge on any atom is -0.0622 e. The van der Waals surface area contributed by atoms with E-state index in [4.69, 9.17) is 17.8 Å². The van der Waals surface area contributed by atoms with Crippen molar-refractivity contribution >= 4 is 43.1 Å². The molecule has 0 amide bonds. The van der Waals surface area contributed by atoms with E-state index in [9.17, 15) is 17.8 Å². The number of hydrogen-bond donors (Lipinski definition) is 0. The molecule has 0 heterocycles. The van der Waals surface area contributed by atoms with Gasteiger partial charge in [0.1, 0.15) is 0 Å². The van der Waals surface area contributed by atoms with Gasteiger partial charge in [0.25, 0.3) is 0 Å². The van der Waals surface area contributed by atoms with Crippen LogP contribution < -0.4 is 0 Å². The molecule has 0 bridgehead atoms. The van der Waals surface area contributed by atoms with Crippen molar-refractivity contribution in [2.24, 2.45) is 0 Å². The Morgan fingerprint density at radius 3 is 1.81 bits per heavy atom. The van der Waals surface area contributed by atoms with Gasteiger partial charge in [-0.15, -0.1) is 0 Å². The van der Waals surface area contributed by atoms with Gasteiger partial charge in [-0.3, -0.25) is 0 Å². The smallest absolute Gasteiger partial charge is 0.0622 e. The number of hydrogen-bond acceptors (Lipinski definition) is 0. The van der Waals surface area contributed by atoms with Gasteiger partial charge < -0.3 is 0 Å². The number of benzene rings is 9. The first-order valence-corrected chi connectivity index (χ1v) is 14.5. The van der Waals surface area contributed by atoms with Crippen LogP contribution in [0.4, 0.5) is 0 Å². The summed E-state index contributed by atoms with van der Waals surface area (Å²) >= 11 is 0. The Hall–Kier alpha value is -5.72. The summed E-state index contributed by atoms with van der Waals surface area (Å²) in [6.07, 6.45) is 0. The van der Waals surface area contributed by atoms with Gasteiger partial charge in [-0.1, -0.05) is 159 Å². The minimum atomic E-state index is -1.71. The molecule has 0 radical (unpaired) electrons. The van der Waals surface area contributed by atoms with Crippen molar-refractivity contribution in [2.45, 2.75) is 19.3 Å². The highest BCUT2D eigenvalue weighted by molar-refractivity contribution is 6.25. The topological polar surface area (TPSA) is 0 Å². The molecule has 0 saturated carbocycles.